The lowest BCUT2D eigenvalue weighted by Gasteiger charge is -2.39. The Morgan fingerprint density at radius 2 is 1.67 bits per heavy atom. The third-order valence-corrected chi connectivity index (χ3v) is 3.55. The van der Waals surface area contributed by atoms with Gasteiger partial charge in [0.05, 0.1) is 0 Å². The molecule has 0 aromatic carbocycles. The van der Waals surface area contributed by atoms with E-state index >= 15 is 0 Å². The average Bonchev–Trinajstić information content (AvgIpc) is 2.32. The molecule has 0 aliphatic carbocycles. The summed E-state index contributed by atoms with van der Waals surface area (Å²) in [7, 11) is 0. The van der Waals surface area contributed by atoms with Crippen LogP contribution in [-0.2, 0) is 4.84 Å². The molecule has 0 spiro atoms. The summed E-state index contributed by atoms with van der Waals surface area (Å²) in [6, 6.07) is 0.801. The minimum atomic E-state index is 0.801. The summed E-state index contributed by atoms with van der Waals surface area (Å²) < 4.78 is 0. The van der Waals surface area contributed by atoms with Crippen LogP contribution in [-0.4, -0.2) is 42.2 Å². The number of piperidine rings is 2. The molecule has 0 aromatic heterocycles. The maximum atomic E-state index is 5.30. The van der Waals surface area contributed by atoms with Crippen LogP contribution in [0.4, 0.5) is 0 Å². The molecule has 2 heterocycles. The van der Waals surface area contributed by atoms with Gasteiger partial charge in [-0.25, -0.2) is 0 Å². The van der Waals surface area contributed by atoms with Gasteiger partial charge in [-0.3, -0.25) is 0 Å². The Balaban J connectivity index is 1.74. The van der Waals surface area contributed by atoms with Gasteiger partial charge in [0.2, 0.25) is 0 Å². The van der Waals surface area contributed by atoms with Crippen molar-refractivity contribution >= 4 is 0 Å². The third-order valence-electron chi connectivity index (χ3n) is 3.55. The highest BCUT2D eigenvalue weighted by molar-refractivity contribution is 4.79. The minimum Gasteiger partial charge on any atom is -0.414 e. The first-order valence-corrected chi connectivity index (χ1v) is 6.17. The zero-order valence-corrected chi connectivity index (χ0v) is 9.53. The Hall–Kier alpha value is -0.540. The van der Waals surface area contributed by atoms with E-state index in [2.05, 4.69) is 11.5 Å². The zero-order valence-electron chi connectivity index (χ0n) is 9.53. The number of nitrogens with zero attached hydrogens (tertiary/aromatic N) is 2. The second kappa shape index (κ2) is 5.52. The normalized spacial score (nSPS) is 26.4. The third kappa shape index (κ3) is 2.95. The first-order valence-electron chi connectivity index (χ1n) is 6.17. The summed E-state index contributed by atoms with van der Waals surface area (Å²) in [4.78, 5) is 7.97. The van der Waals surface area contributed by atoms with Crippen LogP contribution >= 0.6 is 0 Å². The molecule has 2 saturated heterocycles. The van der Waals surface area contributed by atoms with E-state index in [-0.39, 0.29) is 0 Å². The second-order valence-corrected chi connectivity index (χ2v) is 4.53. The van der Waals surface area contributed by atoms with Crippen molar-refractivity contribution < 1.29 is 4.84 Å². The van der Waals surface area contributed by atoms with Gasteiger partial charge in [-0.2, -0.15) is 0 Å². The van der Waals surface area contributed by atoms with Crippen molar-refractivity contribution in [3.8, 4) is 0 Å². The molecule has 0 saturated carbocycles. The van der Waals surface area contributed by atoms with Gasteiger partial charge in [-0.15, -0.1) is 5.06 Å². The summed E-state index contributed by atoms with van der Waals surface area (Å²) in [6.07, 6.45) is 8.23. The Morgan fingerprint density at radius 3 is 2.27 bits per heavy atom. The van der Waals surface area contributed by atoms with E-state index in [0.29, 0.717) is 0 Å². The fourth-order valence-electron chi connectivity index (χ4n) is 2.70. The first kappa shape index (κ1) is 11.0. The summed E-state index contributed by atoms with van der Waals surface area (Å²) >= 11 is 0. The molecule has 0 aromatic rings. The molecule has 0 unspecified atom stereocenters. The van der Waals surface area contributed by atoms with Crippen molar-refractivity contribution in [1.82, 2.24) is 9.96 Å². The van der Waals surface area contributed by atoms with Gasteiger partial charge in [0.25, 0.3) is 0 Å². The number of hydrogen-bond donors (Lipinski definition) is 0. The fraction of sp³-hybridized carbons (Fsp3) is 0.833. The highest BCUT2D eigenvalue weighted by atomic mass is 16.7. The second-order valence-electron chi connectivity index (χ2n) is 4.53. The molecule has 2 fully saturated rings. The zero-order chi connectivity index (χ0) is 10.5. The van der Waals surface area contributed by atoms with Crippen LogP contribution in [0.5, 0.6) is 0 Å². The fourth-order valence-corrected chi connectivity index (χ4v) is 2.70. The lowest BCUT2D eigenvalue weighted by molar-refractivity contribution is -0.126. The van der Waals surface area contributed by atoms with E-state index in [4.69, 9.17) is 4.84 Å². The van der Waals surface area contributed by atoms with Gasteiger partial charge in [0, 0.05) is 19.1 Å². The van der Waals surface area contributed by atoms with Gasteiger partial charge < -0.3 is 9.74 Å². The molecule has 0 amide bonds. The highest BCUT2D eigenvalue weighted by Crippen LogP contribution is 2.20. The molecule has 0 N–H and O–H groups in total. The Morgan fingerprint density at radius 1 is 1.00 bits per heavy atom. The molecule has 3 nitrogen and oxygen atoms in total. The molecule has 15 heavy (non-hydrogen) atoms. The molecule has 0 radical (unpaired) electrons. The van der Waals surface area contributed by atoms with Gasteiger partial charge >= 0.3 is 0 Å². The average molecular weight is 210 g/mol. The van der Waals surface area contributed by atoms with E-state index < -0.39 is 0 Å². The van der Waals surface area contributed by atoms with Crippen molar-refractivity contribution in [3.63, 3.8) is 0 Å². The smallest absolute Gasteiger partial charge is 0.104 e. The molecule has 2 aliphatic rings. The van der Waals surface area contributed by atoms with Crippen molar-refractivity contribution in [1.29, 1.82) is 0 Å². The van der Waals surface area contributed by atoms with Crippen molar-refractivity contribution in [2.24, 2.45) is 0 Å². The largest absolute Gasteiger partial charge is 0.414 e. The molecule has 0 atom stereocenters. The summed E-state index contributed by atoms with van der Waals surface area (Å²) in [5, 5.41) is 2.02. The van der Waals surface area contributed by atoms with Crippen LogP contribution in [0.1, 0.15) is 32.1 Å². The summed E-state index contributed by atoms with van der Waals surface area (Å²) in [6.45, 7) is 8.31. The highest BCUT2D eigenvalue weighted by Gasteiger charge is 2.25. The topological polar surface area (TPSA) is 15.7 Å². The van der Waals surface area contributed by atoms with Crippen LogP contribution < -0.4 is 0 Å². The predicted octanol–water partition coefficient (Wildman–Crippen LogP) is 2.01. The molecule has 2 rings (SSSR count). The predicted molar refractivity (Wildman–Crippen MR) is 61.3 cm³/mol. The quantitative estimate of drug-likeness (QED) is 0.663. The number of rotatable bonds is 3. The Labute approximate surface area is 92.6 Å². The lowest BCUT2D eigenvalue weighted by Crippen LogP contribution is -2.46. The first-order chi connectivity index (χ1) is 7.40. The lowest BCUT2D eigenvalue weighted by atomic mass is 10.0. The maximum absolute atomic E-state index is 5.30. The van der Waals surface area contributed by atoms with E-state index in [1.54, 1.807) is 0 Å². The number of likely N-dealkylation sites (tertiary alicyclic amines) is 1. The standard InChI is InChI=1S/C12H22N2O/c1-2-15-14-10-6-12(7-11-14)13-8-4-3-5-9-13/h2,12H,1,3-11H2. The minimum absolute atomic E-state index is 0.801. The number of hydrogen-bond acceptors (Lipinski definition) is 3. The van der Waals surface area contributed by atoms with Crippen LogP contribution in [0.2, 0.25) is 0 Å². The van der Waals surface area contributed by atoms with E-state index in [0.717, 1.165) is 19.1 Å². The summed E-state index contributed by atoms with van der Waals surface area (Å²) in [5.41, 5.74) is 0. The van der Waals surface area contributed by atoms with Gasteiger partial charge in [0.15, 0.2) is 0 Å². The van der Waals surface area contributed by atoms with Crippen molar-refractivity contribution in [2.75, 3.05) is 26.2 Å². The molecule has 0 bridgehead atoms. The Kier molecular flexibility index (Phi) is 4.03. The SMILES string of the molecule is C=CON1CCC(N2CCCCC2)CC1. The molecule has 86 valence electrons. The number of hydroxylamine groups is 2. The van der Waals surface area contributed by atoms with Crippen LogP contribution in [0, 0.1) is 0 Å². The molecule has 3 heteroatoms. The van der Waals surface area contributed by atoms with Crippen molar-refractivity contribution in [2.45, 2.75) is 38.1 Å². The van der Waals surface area contributed by atoms with Gasteiger partial charge in [0.1, 0.15) is 6.26 Å². The summed E-state index contributed by atoms with van der Waals surface area (Å²) in [5.74, 6) is 0. The monoisotopic (exact) mass is 210 g/mol. The molecular weight excluding hydrogens is 188 g/mol. The Bertz CT molecular complexity index is 194. The van der Waals surface area contributed by atoms with Crippen LogP contribution in [0.3, 0.4) is 0 Å². The maximum Gasteiger partial charge on any atom is 0.104 e. The molecule has 2 aliphatic heterocycles. The van der Waals surface area contributed by atoms with Gasteiger partial charge in [-0.1, -0.05) is 13.0 Å². The van der Waals surface area contributed by atoms with E-state index in [9.17, 15) is 0 Å². The van der Waals surface area contributed by atoms with E-state index in [1.165, 1.54) is 51.5 Å². The molecular formula is C12H22N2O. The van der Waals surface area contributed by atoms with Crippen LogP contribution in [0.15, 0.2) is 12.8 Å². The van der Waals surface area contributed by atoms with Gasteiger partial charge in [-0.05, 0) is 38.8 Å². The van der Waals surface area contributed by atoms with Crippen molar-refractivity contribution in [3.05, 3.63) is 12.8 Å². The van der Waals surface area contributed by atoms with Crippen LogP contribution in [0.25, 0.3) is 0 Å². The van der Waals surface area contributed by atoms with E-state index in [1.807, 2.05) is 5.06 Å².